The van der Waals surface area contributed by atoms with E-state index in [4.69, 9.17) is 10.00 Å². The first-order chi connectivity index (χ1) is 11.4. The summed E-state index contributed by atoms with van der Waals surface area (Å²) in [6.07, 6.45) is 2.35. The fourth-order valence-corrected chi connectivity index (χ4v) is 1.83. The Labute approximate surface area is 142 Å². The van der Waals surface area contributed by atoms with Crippen LogP contribution in [0.5, 0.6) is 0 Å². The highest BCUT2D eigenvalue weighted by Gasteiger charge is 2.10. The molecule has 0 heterocycles. The summed E-state index contributed by atoms with van der Waals surface area (Å²) in [5.41, 5.74) is 0.936. The number of nitrogens with one attached hydrogen (secondary N) is 2. The second kappa shape index (κ2) is 10.2. The summed E-state index contributed by atoms with van der Waals surface area (Å²) in [7, 11) is 0. The summed E-state index contributed by atoms with van der Waals surface area (Å²) in [6, 6.07) is 8.44. The van der Waals surface area contributed by atoms with Gasteiger partial charge in [-0.25, -0.2) is 0 Å². The zero-order valence-electron chi connectivity index (χ0n) is 14.3. The Morgan fingerprint density at radius 2 is 2.12 bits per heavy atom. The fraction of sp³-hybridized carbons (Fsp3) is 0.389. The largest absolute Gasteiger partial charge is 0.390 e. The van der Waals surface area contributed by atoms with E-state index < -0.39 is 5.91 Å². The predicted octanol–water partition coefficient (Wildman–Crippen LogP) is 2.64. The van der Waals surface area contributed by atoms with E-state index >= 15 is 0 Å². The summed E-state index contributed by atoms with van der Waals surface area (Å²) in [5, 5.41) is 14.6. The topological polar surface area (TPSA) is 91.2 Å². The van der Waals surface area contributed by atoms with Crippen LogP contribution < -0.4 is 10.6 Å². The highest BCUT2D eigenvalue weighted by atomic mass is 16.5. The number of carbonyl (C=O) groups excluding carboxylic acids is 2. The standard InChI is InChI=1S/C18H23N3O3/c1-13(2)24-9-5-8-20-12-16(11-19)18(23)21-17-7-4-6-15(10-17)14(3)22/h4,6-7,10,12-13,20H,5,8-9H2,1-3H3,(H,21,23)/b16-12-. The molecule has 0 atom stereocenters. The molecular formula is C18H23N3O3. The summed E-state index contributed by atoms with van der Waals surface area (Å²) in [4.78, 5) is 23.4. The molecule has 1 amide bonds. The van der Waals surface area contributed by atoms with Gasteiger partial charge in [-0.3, -0.25) is 9.59 Å². The molecule has 0 unspecified atom stereocenters. The molecule has 2 N–H and O–H groups in total. The lowest BCUT2D eigenvalue weighted by molar-refractivity contribution is -0.112. The van der Waals surface area contributed by atoms with Crippen LogP contribution in [0, 0.1) is 11.3 Å². The minimum absolute atomic E-state index is 0.0343. The number of ether oxygens (including phenoxy) is 1. The van der Waals surface area contributed by atoms with Crippen LogP contribution in [-0.4, -0.2) is 30.9 Å². The number of benzene rings is 1. The van der Waals surface area contributed by atoms with Crippen molar-refractivity contribution in [2.75, 3.05) is 18.5 Å². The van der Waals surface area contributed by atoms with Crippen LogP contribution in [0.4, 0.5) is 5.69 Å². The smallest absolute Gasteiger partial charge is 0.267 e. The minimum Gasteiger partial charge on any atom is -0.390 e. The number of carbonyl (C=O) groups is 2. The Balaban J connectivity index is 2.54. The van der Waals surface area contributed by atoms with Gasteiger partial charge in [0.15, 0.2) is 5.78 Å². The van der Waals surface area contributed by atoms with Crippen LogP contribution in [0.2, 0.25) is 0 Å². The number of hydrogen-bond acceptors (Lipinski definition) is 5. The summed E-state index contributed by atoms with van der Waals surface area (Å²) in [5.74, 6) is -0.614. The number of anilines is 1. The van der Waals surface area contributed by atoms with Gasteiger partial charge in [-0.1, -0.05) is 12.1 Å². The molecule has 1 rings (SSSR count). The van der Waals surface area contributed by atoms with Crippen LogP contribution in [-0.2, 0) is 9.53 Å². The molecule has 6 nitrogen and oxygen atoms in total. The normalized spacial score (nSPS) is 11.0. The molecule has 0 aliphatic heterocycles. The quantitative estimate of drug-likeness (QED) is 0.314. The van der Waals surface area contributed by atoms with Gasteiger partial charge in [0.25, 0.3) is 5.91 Å². The lowest BCUT2D eigenvalue weighted by Gasteiger charge is -2.08. The molecule has 0 aliphatic carbocycles. The Hall–Kier alpha value is -2.65. The van der Waals surface area contributed by atoms with Crippen LogP contribution >= 0.6 is 0 Å². The van der Waals surface area contributed by atoms with Gasteiger partial charge in [0.05, 0.1) is 6.10 Å². The molecule has 0 spiro atoms. The molecular weight excluding hydrogens is 306 g/mol. The molecule has 1 aromatic carbocycles. The molecule has 0 saturated carbocycles. The van der Waals surface area contributed by atoms with Gasteiger partial charge in [0.1, 0.15) is 11.6 Å². The number of amides is 1. The van der Waals surface area contributed by atoms with Crippen molar-refractivity contribution < 1.29 is 14.3 Å². The molecule has 0 saturated heterocycles. The first kappa shape index (κ1) is 19.4. The predicted molar refractivity (Wildman–Crippen MR) is 92.5 cm³/mol. The summed E-state index contributed by atoms with van der Waals surface area (Å²) < 4.78 is 5.40. The van der Waals surface area contributed by atoms with E-state index in [2.05, 4.69) is 10.6 Å². The van der Waals surface area contributed by atoms with Crippen molar-refractivity contribution in [3.63, 3.8) is 0 Å². The van der Waals surface area contributed by atoms with Gasteiger partial charge < -0.3 is 15.4 Å². The molecule has 0 aliphatic rings. The zero-order valence-corrected chi connectivity index (χ0v) is 14.3. The van der Waals surface area contributed by atoms with Crippen LogP contribution in [0.25, 0.3) is 0 Å². The second-order valence-electron chi connectivity index (χ2n) is 5.49. The number of nitriles is 1. The number of rotatable bonds is 9. The van der Waals surface area contributed by atoms with Crippen molar-refractivity contribution in [3.8, 4) is 6.07 Å². The second-order valence-corrected chi connectivity index (χ2v) is 5.49. The maximum Gasteiger partial charge on any atom is 0.267 e. The highest BCUT2D eigenvalue weighted by molar-refractivity contribution is 6.07. The van der Waals surface area contributed by atoms with Gasteiger partial charge in [-0.2, -0.15) is 5.26 Å². The molecule has 0 fully saturated rings. The number of nitrogens with zero attached hydrogens (tertiary/aromatic N) is 1. The molecule has 24 heavy (non-hydrogen) atoms. The zero-order chi connectivity index (χ0) is 17.9. The molecule has 6 heteroatoms. The lowest BCUT2D eigenvalue weighted by Crippen LogP contribution is -2.18. The summed E-state index contributed by atoms with van der Waals surface area (Å²) >= 11 is 0. The van der Waals surface area contributed by atoms with Gasteiger partial charge >= 0.3 is 0 Å². The van der Waals surface area contributed by atoms with Gasteiger partial charge in [0, 0.05) is 30.6 Å². The number of hydrogen-bond donors (Lipinski definition) is 2. The number of Topliss-reactive ketones (excluding diaryl/α,β-unsaturated/α-hetero) is 1. The molecule has 0 radical (unpaired) electrons. The minimum atomic E-state index is -0.524. The summed E-state index contributed by atoms with van der Waals surface area (Å²) in [6.45, 7) is 6.60. The van der Waals surface area contributed by atoms with Crippen molar-refractivity contribution in [2.24, 2.45) is 0 Å². The third kappa shape index (κ3) is 7.07. The van der Waals surface area contributed by atoms with E-state index in [1.165, 1.54) is 13.1 Å². The Morgan fingerprint density at radius 1 is 1.38 bits per heavy atom. The van der Waals surface area contributed by atoms with Crippen LogP contribution in [0.15, 0.2) is 36.0 Å². The van der Waals surface area contributed by atoms with Crippen molar-refractivity contribution >= 4 is 17.4 Å². The molecule has 1 aromatic rings. The molecule has 0 bridgehead atoms. The van der Waals surface area contributed by atoms with E-state index in [0.29, 0.717) is 24.4 Å². The van der Waals surface area contributed by atoms with Crippen molar-refractivity contribution in [2.45, 2.75) is 33.3 Å². The molecule has 128 valence electrons. The monoisotopic (exact) mass is 329 g/mol. The van der Waals surface area contributed by atoms with Gasteiger partial charge in [-0.05, 0) is 39.3 Å². The van der Waals surface area contributed by atoms with E-state index in [0.717, 1.165) is 6.42 Å². The third-order valence-corrected chi connectivity index (χ3v) is 3.06. The van der Waals surface area contributed by atoms with Crippen molar-refractivity contribution in [3.05, 3.63) is 41.6 Å². The van der Waals surface area contributed by atoms with Crippen molar-refractivity contribution in [1.29, 1.82) is 5.26 Å². The Kier molecular flexibility index (Phi) is 8.23. The average Bonchev–Trinajstić information content (AvgIpc) is 2.54. The van der Waals surface area contributed by atoms with Crippen molar-refractivity contribution in [1.82, 2.24) is 5.32 Å². The third-order valence-electron chi connectivity index (χ3n) is 3.06. The Morgan fingerprint density at radius 3 is 2.75 bits per heavy atom. The first-order valence-electron chi connectivity index (χ1n) is 7.81. The van der Waals surface area contributed by atoms with E-state index in [9.17, 15) is 9.59 Å². The van der Waals surface area contributed by atoms with Gasteiger partial charge in [0.2, 0.25) is 0 Å². The fourth-order valence-electron chi connectivity index (χ4n) is 1.83. The maximum absolute atomic E-state index is 12.1. The van der Waals surface area contributed by atoms with Crippen LogP contribution in [0.3, 0.4) is 0 Å². The lowest BCUT2D eigenvalue weighted by atomic mass is 10.1. The van der Waals surface area contributed by atoms with Gasteiger partial charge in [-0.15, -0.1) is 0 Å². The SMILES string of the molecule is CC(=O)c1cccc(NC(=O)/C(C#N)=C\NCCCOC(C)C)c1. The van der Waals surface area contributed by atoms with E-state index in [-0.39, 0.29) is 17.5 Å². The maximum atomic E-state index is 12.1. The average molecular weight is 329 g/mol. The Bertz CT molecular complexity index is 645. The molecule has 0 aromatic heterocycles. The van der Waals surface area contributed by atoms with Crippen LogP contribution in [0.1, 0.15) is 37.6 Å². The van der Waals surface area contributed by atoms with E-state index in [1.54, 1.807) is 24.3 Å². The first-order valence-corrected chi connectivity index (χ1v) is 7.81. The highest BCUT2D eigenvalue weighted by Crippen LogP contribution is 2.12. The number of ketones is 1. The van der Waals surface area contributed by atoms with E-state index in [1.807, 2.05) is 19.9 Å².